The van der Waals surface area contributed by atoms with Crippen molar-refractivity contribution in [2.45, 2.75) is 30.0 Å². The summed E-state index contributed by atoms with van der Waals surface area (Å²) < 4.78 is 53.6. The molecule has 1 aliphatic heterocycles. The molecule has 1 unspecified atom stereocenters. The van der Waals surface area contributed by atoms with Gasteiger partial charge in [-0.25, -0.2) is 13.2 Å². The number of halogens is 2. The van der Waals surface area contributed by atoms with E-state index in [1.165, 1.54) is 11.0 Å². The second-order valence-electron chi connectivity index (χ2n) is 7.39. The number of alkyl halides is 2. The quantitative estimate of drug-likeness (QED) is 0.414. The van der Waals surface area contributed by atoms with Gasteiger partial charge in [-0.15, -0.1) is 0 Å². The Morgan fingerprint density at radius 2 is 1.88 bits per heavy atom. The van der Waals surface area contributed by atoms with Crippen LogP contribution in [0.1, 0.15) is 23.7 Å². The summed E-state index contributed by atoms with van der Waals surface area (Å²) in [6, 6.07) is 12.5. The molecule has 178 valence electrons. The first-order valence-corrected chi connectivity index (χ1v) is 13.0. The van der Waals surface area contributed by atoms with E-state index in [1.807, 2.05) is 0 Å². The van der Waals surface area contributed by atoms with Gasteiger partial charge in [0.25, 0.3) is 11.7 Å². The molecule has 0 aliphatic carbocycles. The Bertz CT molecular complexity index is 1090. The molecule has 3 rings (SSSR count). The fraction of sp³-hybridized carbons (Fsp3) is 0.364. The van der Waals surface area contributed by atoms with E-state index in [0.29, 0.717) is 41.0 Å². The molecule has 0 aromatic heterocycles. The summed E-state index contributed by atoms with van der Waals surface area (Å²) in [4.78, 5) is 27.1. The van der Waals surface area contributed by atoms with Gasteiger partial charge >= 0.3 is 5.97 Å². The third kappa shape index (κ3) is 6.91. The highest BCUT2D eigenvalue weighted by molar-refractivity contribution is 7.99. The molecule has 0 spiro atoms. The molecule has 1 aliphatic rings. The molecule has 2 aromatic carbocycles. The van der Waals surface area contributed by atoms with Crippen LogP contribution < -0.4 is 5.32 Å². The topological polar surface area (TPSA) is 92.8 Å². The lowest BCUT2D eigenvalue weighted by atomic mass is 10.1. The summed E-state index contributed by atoms with van der Waals surface area (Å²) >= 11 is 0.439. The number of para-hydroxylation sites is 1. The average molecular weight is 499 g/mol. The molecule has 2 aromatic rings. The van der Waals surface area contributed by atoms with Crippen molar-refractivity contribution in [3.05, 3.63) is 54.1 Å². The zero-order chi connectivity index (χ0) is 24.0. The number of nitrogens with one attached hydrogen (secondary N) is 1. The van der Waals surface area contributed by atoms with Crippen LogP contribution in [0.5, 0.6) is 0 Å². The lowest BCUT2D eigenvalue weighted by molar-refractivity contribution is -0.136. The Hall–Kier alpha value is -2.66. The molecule has 1 saturated heterocycles. The van der Waals surface area contributed by atoms with Crippen LogP contribution in [0.25, 0.3) is 0 Å². The first kappa shape index (κ1) is 25.0. The molecule has 1 heterocycles. The van der Waals surface area contributed by atoms with Gasteiger partial charge in [0.2, 0.25) is 0 Å². The minimum absolute atomic E-state index is 0.0437. The van der Waals surface area contributed by atoms with E-state index in [0.717, 1.165) is 0 Å². The van der Waals surface area contributed by atoms with E-state index in [4.69, 9.17) is 4.74 Å². The monoisotopic (exact) mass is 498 g/mol. The highest BCUT2D eigenvalue weighted by Crippen LogP contribution is 2.28. The predicted molar refractivity (Wildman–Crippen MR) is 123 cm³/mol. The van der Waals surface area contributed by atoms with Crippen LogP contribution in [-0.2, 0) is 19.4 Å². The zero-order valence-electron chi connectivity index (χ0n) is 17.9. The Labute approximate surface area is 195 Å². The summed E-state index contributed by atoms with van der Waals surface area (Å²) in [5.74, 6) is -3.72. The number of esters is 1. The summed E-state index contributed by atoms with van der Waals surface area (Å²) in [5, 5.41) is 3.05. The van der Waals surface area contributed by atoms with Crippen LogP contribution >= 0.6 is 11.8 Å². The fourth-order valence-corrected chi connectivity index (χ4v) is 5.82. The van der Waals surface area contributed by atoms with E-state index in [1.54, 1.807) is 49.4 Å². The number of likely N-dealkylation sites (N-methyl/N-ethyl adjacent to an activating group) is 1. The minimum Gasteiger partial charge on any atom is -0.452 e. The number of nitrogens with zero attached hydrogens (tertiary/aromatic N) is 1. The fourth-order valence-electron chi connectivity index (χ4n) is 3.59. The van der Waals surface area contributed by atoms with Crippen LogP contribution in [-0.4, -0.2) is 61.7 Å². The number of carbonyl (C=O) groups excluding carboxylic acids is 2. The minimum atomic E-state index is -3.15. The number of hydrogen-bond donors (Lipinski definition) is 1. The number of hydrogen-bond acceptors (Lipinski definition) is 7. The maximum atomic E-state index is 12.7. The van der Waals surface area contributed by atoms with E-state index < -0.39 is 40.1 Å². The Morgan fingerprint density at radius 1 is 1.18 bits per heavy atom. The summed E-state index contributed by atoms with van der Waals surface area (Å²) in [7, 11) is -3.15. The van der Waals surface area contributed by atoms with Crippen LogP contribution in [0.2, 0.25) is 0 Å². The number of rotatable bonds is 9. The van der Waals surface area contributed by atoms with E-state index in [2.05, 4.69) is 5.32 Å². The van der Waals surface area contributed by atoms with E-state index in [-0.39, 0.29) is 17.1 Å². The second-order valence-corrected chi connectivity index (χ2v) is 10.7. The van der Waals surface area contributed by atoms with E-state index in [9.17, 15) is 26.8 Å². The van der Waals surface area contributed by atoms with Gasteiger partial charge in [-0.05, 0) is 49.7 Å². The standard InChI is InChI=1S/C22H24F2N2O5S2/c1-2-26(16-11-12-33(29,30)14-16)20(27)13-31-21(28)18-5-3-4-6-19(18)25-15-7-9-17(10-8-15)32-22(23)24/h3-10,16,22,25H,2,11-14H2,1H3. The Morgan fingerprint density at radius 3 is 2.48 bits per heavy atom. The number of anilines is 2. The maximum Gasteiger partial charge on any atom is 0.340 e. The molecule has 11 heteroatoms. The molecule has 1 N–H and O–H groups in total. The maximum absolute atomic E-state index is 12.7. The highest BCUT2D eigenvalue weighted by atomic mass is 32.2. The number of sulfone groups is 1. The van der Waals surface area contributed by atoms with Gasteiger partial charge in [0, 0.05) is 23.2 Å². The van der Waals surface area contributed by atoms with Gasteiger partial charge in [0.05, 0.1) is 22.8 Å². The van der Waals surface area contributed by atoms with Crippen molar-refractivity contribution in [3.63, 3.8) is 0 Å². The number of ether oxygens (including phenoxy) is 1. The number of carbonyl (C=O) groups is 2. The van der Waals surface area contributed by atoms with Gasteiger partial charge in [0.1, 0.15) is 0 Å². The number of thioether (sulfide) groups is 1. The second kappa shape index (κ2) is 11.0. The summed E-state index contributed by atoms with van der Waals surface area (Å²) in [6.45, 7) is 1.56. The molecule has 0 radical (unpaired) electrons. The van der Waals surface area contributed by atoms with Crippen molar-refractivity contribution in [1.29, 1.82) is 0 Å². The van der Waals surface area contributed by atoms with Crippen LogP contribution in [0.15, 0.2) is 53.4 Å². The van der Waals surface area contributed by atoms with E-state index >= 15 is 0 Å². The molecule has 1 amide bonds. The average Bonchev–Trinajstić information content (AvgIpc) is 3.13. The summed E-state index contributed by atoms with van der Waals surface area (Å²) in [5.41, 5.74) is 1.21. The van der Waals surface area contributed by atoms with Crippen molar-refractivity contribution in [2.75, 3.05) is 30.0 Å². The van der Waals surface area contributed by atoms with Crippen molar-refractivity contribution >= 4 is 44.9 Å². The van der Waals surface area contributed by atoms with Crippen LogP contribution in [0, 0.1) is 0 Å². The molecule has 1 atom stereocenters. The molecule has 1 fully saturated rings. The van der Waals surface area contributed by atoms with Crippen molar-refractivity contribution in [2.24, 2.45) is 0 Å². The van der Waals surface area contributed by atoms with Crippen LogP contribution in [0.4, 0.5) is 20.2 Å². The first-order chi connectivity index (χ1) is 15.7. The predicted octanol–water partition coefficient (Wildman–Crippen LogP) is 3.94. The van der Waals surface area contributed by atoms with Gasteiger partial charge in [-0.1, -0.05) is 23.9 Å². The lowest BCUT2D eigenvalue weighted by Gasteiger charge is -2.26. The largest absolute Gasteiger partial charge is 0.452 e. The van der Waals surface area contributed by atoms with Gasteiger partial charge in [-0.3, -0.25) is 4.79 Å². The van der Waals surface area contributed by atoms with Gasteiger partial charge < -0.3 is 15.0 Å². The van der Waals surface area contributed by atoms with Gasteiger partial charge in [0.15, 0.2) is 16.4 Å². The van der Waals surface area contributed by atoms with Crippen molar-refractivity contribution in [1.82, 2.24) is 4.90 Å². The number of amides is 1. The molecular weight excluding hydrogens is 474 g/mol. The smallest absolute Gasteiger partial charge is 0.340 e. The zero-order valence-corrected chi connectivity index (χ0v) is 19.5. The van der Waals surface area contributed by atoms with Crippen molar-refractivity contribution in [3.8, 4) is 0 Å². The molecule has 0 saturated carbocycles. The highest BCUT2D eigenvalue weighted by Gasteiger charge is 2.34. The molecule has 0 bridgehead atoms. The third-order valence-corrected chi connectivity index (χ3v) is 7.62. The molecular formula is C22H24F2N2O5S2. The summed E-state index contributed by atoms with van der Waals surface area (Å²) in [6.07, 6.45) is 0.372. The normalized spacial score (nSPS) is 17.0. The Balaban J connectivity index is 1.63. The van der Waals surface area contributed by atoms with Crippen LogP contribution in [0.3, 0.4) is 0 Å². The lowest BCUT2D eigenvalue weighted by Crippen LogP contribution is -2.43. The first-order valence-electron chi connectivity index (χ1n) is 10.3. The number of benzene rings is 2. The SMILES string of the molecule is CCN(C(=O)COC(=O)c1ccccc1Nc1ccc(SC(F)F)cc1)C1CCS(=O)(=O)C1. The molecule has 33 heavy (non-hydrogen) atoms. The van der Waals surface area contributed by atoms with Crippen molar-refractivity contribution < 1.29 is 31.5 Å². The molecule has 7 nitrogen and oxygen atoms in total. The Kier molecular flexibility index (Phi) is 8.30. The van der Waals surface area contributed by atoms with Gasteiger partial charge in [-0.2, -0.15) is 8.78 Å². The third-order valence-electron chi connectivity index (χ3n) is 5.14.